The van der Waals surface area contributed by atoms with Crippen LogP contribution in [0, 0.1) is 0 Å². The third-order valence-corrected chi connectivity index (χ3v) is 2.12. The zero-order chi connectivity index (χ0) is 10.6. The Bertz CT molecular complexity index is 207. The summed E-state index contributed by atoms with van der Waals surface area (Å²) in [5, 5.41) is 0. The Balaban J connectivity index is 4.02. The molecule has 0 heterocycles. The summed E-state index contributed by atoms with van der Waals surface area (Å²) in [6.45, 7) is 9.56. The minimum atomic E-state index is -0.324. The maximum atomic E-state index is 11.1. The molecule has 0 bridgehead atoms. The monoisotopic (exact) mass is 185 g/mol. The van der Waals surface area contributed by atoms with Crippen molar-refractivity contribution in [3.63, 3.8) is 0 Å². The van der Waals surface area contributed by atoms with E-state index in [-0.39, 0.29) is 11.5 Å². The molecule has 3 heteroatoms. The summed E-state index contributed by atoms with van der Waals surface area (Å²) in [6.07, 6.45) is 0. The fourth-order valence-corrected chi connectivity index (χ4v) is 0.494. The summed E-state index contributed by atoms with van der Waals surface area (Å²) in [5.74, 6) is -0.324. The summed E-state index contributed by atoms with van der Waals surface area (Å²) < 4.78 is 5.05. The first-order chi connectivity index (χ1) is 5.77. The van der Waals surface area contributed by atoms with E-state index in [0.29, 0.717) is 12.2 Å². The quantitative estimate of drug-likeness (QED) is 0.490. The summed E-state index contributed by atoms with van der Waals surface area (Å²) in [6, 6.07) is 0. The molecule has 0 aromatic rings. The molecule has 0 N–H and O–H groups in total. The second kappa shape index (κ2) is 4.42. The summed E-state index contributed by atoms with van der Waals surface area (Å²) in [7, 11) is 3.91. The number of hydrogen-bond donors (Lipinski definition) is 0. The Morgan fingerprint density at radius 3 is 2.23 bits per heavy atom. The molecule has 0 saturated heterocycles. The second-order valence-electron chi connectivity index (χ2n) is 4.06. The SMILES string of the molecule is C=C(C)C(=O)OCC(C)(C)N(C)C. The number of esters is 1. The van der Waals surface area contributed by atoms with Gasteiger partial charge in [-0.1, -0.05) is 6.58 Å². The lowest BCUT2D eigenvalue weighted by Gasteiger charge is -2.31. The minimum absolute atomic E-state index is 0.134. The number of hydrogen-bond acceptors (Lipinski definition) is 3. The molecule has 0 aliphatic rings. The van der Waals surface area contributed by atoms with Crippen LogP contribution in [0.1, 0.15) is 20.8 Å². The normalized spacial score (nSPS) is 11.5. The third kappa shape index (κ3) is 4.08. The van der Waals surface area contributed by atoms with Crippen molar-refractivity contribution in [2.24, 2.45) is 0 Å². The van der Waals surface area contributed by atoms with Gasteiger partial charge < -0.3 is 9.64 Å². The molecule has 0 atom stereocenters. The van der Waals surface area contributed by atoms with Crippen LogP contribution in [-0.2, 0) is 9.53 Å². The van der Waals surface area contributed by atoms with Crippen LogP contribution in [0.3, 0.4) is 0 Å². The second-order valence-corrected chi connectivity index (χ2v) is 4.06. The van der Waals surface area contributed by atoms with Crippen LogP contribution < -0.4 is 0 Å². The van der Waals surface area contributed by atoms with Crippen molar-refractivity contribution < 1.29 is 9.53 Å². The molecule has 0 fully saturated rings. The third-order valence-electron chi connectivity index (χ3n) is 2.12. The van der Waals surface area contributed by atoms with Crippen LogP contribution in [0.5, 0.6) is 0 Å². The average Bonchev–Trinajstić information content (AvgIpc) is 1.99. The van der Waals surface area contributed by atoms with E-state index in [1.54, 1.807) is 6.92 Å². The van der Waals surface area contributed by atoms with Gasteiger partial charge in [-0.05, 0) is 34.9 Å². The van der Waals surface area contributed by atoms with E-state index in [0.717, 1.165) is 0 Å². The van der Waals surface area contributed by atoms with Crippen molar-refractivity contribution in [1.82, 2.24) is 4.90 Å². The zero-order valence-corrected chi connectivity index (χ0v) is 9.18. The van der Waals surface area contributed by atoms with Gasteiger partial charge in [0.1, 0.15) is 6.61 Å². The molecule has 3 nitrogen and oxygen atoms in total. The van der Waals surface area contributed by atoms with Crippen molar-refractivity contribution in [2.45, 2.75) is 26.3 Å². The van der Waals surface area contributed by atoms with Gasteiger partial charge in [0.2, 0.25) is 0 Å². The molecule has 13 heavy (non-hydrogen) atoms. The van der Waals surface area contributed by atoms with E-state index in [1.165, 1.54) is 0 Å². The van der Waals surface area contributed by atoms with E-state index in [1.807, 2.05) is 32.8 Å². The highest BCUT2D eigenvalue weighted by Crippen LogP contribution is 2.10. The molecule has 0 aliphatic heterocycles. The highest BCUT2D eigenvalue weighted by atomic mass is 16.5. The maximum absolute atomic E-state index is 11.1. The van der Waals surface area contributed by atoms with Crippen LogP contribution in [0.15, 0.2) is 12.2 Å². The molecular weight excluding hydrogens is 166 g/mol. The minimum Gasteiger partial charge on any atom is -0.460 e. The summed E-state index contributed by atoms with van der Waals surface area (Å²) >= 11 is 0. The number of likely N-dealkylation sites (N-methyl/N-ethyl adjacent to an activating group) is 1. The summed E-state index contributed by atoms with van der Waals surface area (Å²) in [5.41, 5.74) is 0.306. The van der Waals surface area contributed by atoms with Crippen LogP contribution >= 0.6 is 0 Å². The molecule has 0 aromatic carbocycles. The molecule has 0 aliphatic carbocycles. The van der Waals surface area contributed by atoms with E-state index in [2.05, 4.69) is 6.58 Å². The van der Waals surface area contributed by atoms with Crippen LogP contribution in [-0.4, -0.2) is 37.1 Å². The standard InChI is InChI=1S/C10H19NO2/c1-8(2)9(12)13-7-10(3,4)11(5)6/h1,7H2,2-6H3. The van der Waals surface area contributed by atoms with Crippen molar-refractivity contribution in [3.05, 3.63) is 12.2 Å². The maximum Gasteiger partial charge on any atom is 0.333 e. The average molecular weight is 185 g/mol. The first-order valence-corrected chi connectivity index (χ1v) is 4.27. The Kier molecular flexibility index (Phi) is 4.14. The number of nitrogens with zero attached hydrogens (tertiary/aromatic N) is 1. The van der Waals surface area contributed by atoms with Gasteiger partial charge in [-0.2, -0.15) is 0 Å². The van der Waals surface area contributed by atoms with Gasteiger partial charge in [0, 0.05) is 11.1 Å². The molecule has 76 valence electrons. The fraction of sp³-hybridized carbons (Fsp3) is 0.700. The Morgan fingerprint density at radius 2 is 1.92 bits per heavy atom. The van der Waals surface area contributed by atoms with E-state index in [9.17, 15) is 4.79 Å². The van der Waals surface area contributed by atoms with Crippen LogP contribution in [0.4, 0.5) is 0 Å². The highest BCUT2D eigenvalue weighted by Gasteiger charge is 2.22. The molecule has 0 rings (SSSR count). The molecule has 0 radical (unpaired) electrons. The van der Waals surface area contributed by atoms with Crippen LogP contribution in [0.2, 0.25) is 0 Å². The van der Waals surface area contributed by atoms with Crippen molar-refractivity contribution >= 4 is 5.97 Å². The molecule has 0 unspecified atom stereocenters. The predicted molar refractivity (Wildman–Crippen MR) is 53.5 cm³/mol. The Labute approximate surface area is 80.4 Å². The zero-order valence-electron chi connectivity index (χ0n) is 9.18. The molecule has 0 spiro atoms. The van der Waals surface area contributed by atoms with Crippen molar-refractivity contribution in [3.8, 4) is 0 Å². The highest BCUT2D eigenvalue weighted by molar-refractivity contribution is 5.86. The lowest BCUT2D eigenvalue weighted by molar-refractivity contribution is -0.142. The van der Waals surface area contributed by atoms with Crippen molar-refractivity contribution in [1.29, 1.82) is 0 Å². The largest absolute Gasteiger partial charge is 0.460 e. The van der Waals surface area contributed by atoms with E-state index < -0.39 is 0 Å². The van der Waals surface area contributed by atoms with Gasteiger partial charge in [0.05, 0.1) is 0 Å². The Morgan fingerprint density at radius 1 is 1.46 bits per heavy atom. The van der Waals surface area contributed by atoms with E-state index in [4.69, 9.17) is 4.74 Å². The molecular formula is C10H19NO2. The van der Waals surface area contributed by atoms with Gasteiger partial charge in [-0.15, -0.1) is 0 Å². The number of rotatable bonds is 4. The topological polar surface area (TPSA) is 29.5 Å². The van der Waals surface area contributed by atoms with Gasteiger partial charge in [0.15, 0.2) is 0 Å². The van der Waals surface area contributed by atoms with Crippen molar-refractivity contribution in [2.75, 3.05) is 20.7 Å². The summed E-state index contributed by atoms with van der Waals surface area (Å²) in [4.78, 5) is 13.1. The van der Waals surface area contributed by atoms with Gasteiger partial charge in [0.25, 0.3) is 0 Å². The predicted octanol–water partition coefficient (Wildman–Crippen LogP) is 1.45. The number of carbonyl (C=O) groups excluding carboxylic acids is 1. The van der Waals surface area contributed by atoms with Gasteiger partial charge >= 0.3 is 5.97 Å². The first-order valence-electron chi connectivity index (χ1n) is 4.27. The lowest BCUT2D eigenvalue weighted by atomic mass is 10.1. The van der Waals surface area contributed by atoms with Crippen LogP contribution in [0.25, 0.3) is 0 Å². The first kappa shape index (κ1) is 12.2. The number of carbonyl (C=O) groups is 1. The van der Waals surface area contributed by atoms with Gasteiger partial charge in [-0.25, -0.2) is 4.79 Å². The van der Waals surface area contributed by atoms with E-state index >= 15 is 0 Å². The molecule has 0 saturated carbocycles. The molecule has 0 aromatic heterocycles. The fourth-order valence-electron chi connectivity index (χ4n) is 0.494. The lowest BCUT2D eigenvalue weighted by Crippen LogP contribution is -2.43. The number of ether oxygens (including phenoxy) is 1. The van der Waals surface area contributed by atoms with Gasteiger partial charge in [-0.3, -0.25) is 0 Å². The molecule has 0 amide bonds. The Hall–Kier alpha value is -0.830. The smallest absolute Gasteiger partial charge is 0.333 e.